The van der Waals surface area contributed by atoms with Gasteiger partial charge in [-0.25, -0.2) is 0 Å². The summed E-state index contributed by atoms with van der Waals surface area (Å²) in [5.74, 6) is -0.260. The van der Waals surface area contributed by atoms with Crippen molar-refractivity contribution in [2.75, 3.05) is 7.11 Å². The number of carbonyl (C=O) groups excluding carboxylic acids is 1. The number of rotatable bonds is 4. The van der Waals surface area contributed by atoms with Crippen LogP contribution in [0.3, 0.4) is 0 Å². The molecule has 0 atom stereocenters. The summed E-state index contributed by atoms with van der Waals surface area (Å²) < 4.78 is 4.67. The second-order valence-electron chi connectivity index (χ2n) is 3.67. The van der Waals surface area contributed by atoms with E-state index in [-0.39, 0.29) is 5.97 Å². The van der Waals surface area contributed by atoms with Gasteiger partial charge in [0.2, 0.25) is 0 Å². The zero-order chi connectivity index (χ0) is 10.6. The van der Waals surface area contributed by atoms with Gasteiger partial charge in [-0.15, -0.1) is 0 Å². The predicted octanol–water partition coefficient (Wildman–Crippen LogP) is 1.06. The van der Waals surface area contributed by atoms with Crippen LogP contribution in [0.25, 0.3) is 0 Å². The van der Waals surface area contributed by atoms with Gasteiger partial charge in [-0.2, -0.15) is 0 Å². The van der Waals surface area contributed by atoms with Crippen LogP contribution in [0.1, 0.15) is 19.5 Å². The van der Waals surface area contributed by atoms with Gasteiger partial charge in [0, 0.05) is 18.4 Å². The highest BCUT2D eigenvalue weighted by atomic mass is 16.5. The average Bonchev–Trinajstić information content (AvgIpc) is 2.66. The molecule has 0 aliphatic rings. The number of hydrogen-bond acceptors (Lipinski definition) is 3. The lowest BCUT2D eigenvalue weighted by molar-refractivity contribution is -0.147. The molecule has 0 unspecified atom stereocenters. The normalized spacial score (nSPS) is 11.4. The molecule has 0 spiro atoms. The summed E-state index contributed by atoms with van der Waals surface area (Å²) in [6.45, 7) is 4.21. The predicted molar refractivity (Wildman–Crippen MR) is 53.7 cm³/mol. The Morgan fingerprint density at radius 1 is 1.64 bits per heavy atom. The van der Waals surface area contributed by atoms with Crippen LogP contribution in [0.2, 0.25) is 0 Å². The lowest BCUT2D eigenvalue weighted by Crippen LogP contribution is -2.47. The van der Waals surface area contributed by atoms with E-state index < -0.39 is 5.54 Å². The van der Waals surface area contributed by atoms with Crippen LogP contribution in [0.15, 0.2) is 18.3 Å². The maximum Gasteiger partial charge on any atom is 0.325 e. The van der Waals surface area contributed by atoms with E-state index >= 15 is 0 Å². The highest BCUT2D eigenvalue weighted by Crippen LogP contribution is 2.06. The third-order valence-electron chi connectivity index (χ3n) is 2.08. The van der Waals surface area contributed by atoms with Crippen molar-refractivity contribution < 1.29 is 9.53 Å². The number of aromatic nitrogens is 1. The molecule has 78 valence electrons. The van der Waals surface area contributed by atoms with E-state index in [1.165, 1.54) is 7.11 Å². The first-order valence-corrected chi connectivity index (χ1v) is 4.52. The number of ether oxygens (including phenoxy) is 1. The fourth-order valence-electron chi connectivity index (χ4n) is 1.12. The summed E-state index contributed by atoms with van der Waals surface area (Å²) in [5, 5.41) is 3.11. The minimum atomic E-state index is -0.653. The zero-order valence-corrected chi connectivity index (χ0v) is 8.76. The molecular weight excluding hydrogens is 180 g/mol. The first kappa shape index (κ1) is 10.8. The largest absolute Gasteiger partial charge is 0.468 e. The molecule has 0 saturated carbocycles. The summed E-state index contributed by atoms with van der Waals surface area (Å²) in [5.41, 5.74) is 0.391. The molecule has 2 N–H and O–H groups in total. The lowest BCUT2D eigenvalue weighted by atomic mass is 10.1. The fourth-order valence-corrected chi connectivity index (χ4v) is 1.12. The Morgan fingerprint density at radius 3 is 2.86 bits per heavy atom. The third kappa shape index (κ3) is 2.60. The number of H-pyrrole nitrogens is 1. The van der Waals surface area contributed by atoms with Crippen LogP contribution in [-0.4, -0.2) is 23.6 Å². The second-order valence-corrected chi connectivity index (χ2v) is 3.67. The van der Waals surface area contributed by atoms with Crippen LogP contribution in [-0.2, 0) is 16.1 Å². The maximum absolute atomic E-state index is 11.3. The van der Waals surface area contributed by atoms with Crippen LogP contribution >= 0.6 is 0 Å². The number of methoxy groups -OCH3 is 1. The van der Waals surface area contributed by atoms with E-state index in [9.17, 15) is 4.79 Å². The summed E-state index contributed by atoms with van der Waals surface area (Å²) in [4.78, 5) is 14.4. The van der Waals surface area contributed by atoms with Gasteiger partial charge in [-0.05, 0) is 26.0 Å². The van der Waals surface area contributed by atoms with Gasteiger partial charge in [0.1, 0.15) is 5.54 Å². The van der Waals surface area contributed by atoms with Crippen molar-refractivity contribution in [2.24, 2.45) is 0 Å². The number of aromatic amines is 1. The molecule has 0 bridgehead atoms. The molecule has 14 heavy (non-hydrogen) atoms. The summed E-state index contributed by atoms with van der Waals surface area (Å²) >= 11 is 0. The molecule has 4 nitrogen and oxygen atoms in total. The number of nitrogens with one attached hydrogen (secondary N) is 2. The SMILES string of the molecule is COC(=O)C(C)(C)NCc1ccc[nH]1. The van der Waals surface area contributed by atoms with E-state index in [4.69, 9.17) is 0 Å². The summed E-state index contributed by atoms with van der Waals surface area (Å²) in [7, 11) is 1.39. The smallest absolute Gasteiger partial charge is 0.325 e. The Labute approximate surface area is 83.7 Å². The minimum Gasteiger partial charge on any atom is -0.468 e. The van der Waals surface area contributed by atoms with Crippen molar-refractivity contribution in [3.8, 4) is 0 Å². The minimum absolute atomic E-state index is 0.260. The van der Waals surface area contributed by atoms with Gasteiger partial charge in [-0.1, -0.05) is 0 Å². The Hall–Kier alpha value is -1.29. The van der Waals surface area contributed by atoms with Crippen molar-refractivity contribution in [1.82, 2.24) is 10.3 Å². The fraction of sp³-hybridized carbons (Fsp3) is 0.500. The van der Waals surface area contributed by atoms with Crippen LogP contribution in [0.4, 0.5) is 0 Å². The molecule has 0 aromatic carbocycles. The molecule has 4 heteroatoms. The van der Waals surface area contributed by atoms with Crippen molar-refractivity contribution in [2.45, 2.75) is 25.9 Å². The summed E-state index contributed by atoms with van der Waals surface area (Å²) in [6.07, 6.45) is 1.85. The molecule has 1 heterocycles. The molecule has 0 aliphatic heterocycles. The molecular formula is C10H16N2O2. The molecule has 0 aliphatic carbocycles. The molecule has 1 aromatic heterocycles. The molecule has 0 saturated heterocycles. The monoisotopic (exact) mass is 196 g/mol. The standard InChI is InChI=1S/C10H16N2O2/c1-10(2,9(13)14-3)12-7-8-5-4-6-11-8/h4-6,11-12H,7H2,1-3H3. The van der Waals surface area contributed by atoms with Gasteiger partial charge >= 0.3 is 5.97 Å². The van der Waals surface area contributed by atoms with Gasteiger partial charge in [0.25, 0.3) is 0 Å². The average molecular weight is 196 g/mol. The van der Waals surface area contributed by atoms with Crippen LogP contribution in [0, 0.1) is 0 Å². The Balaban J connectivity index is 2.48. The Bertz CT molecular complexity index is 291. The number of carbonyl (C=O) groups is 1. The van der Waals surface area contributed by atoms with E-state index in [0.29, 0.717) is 6.54 Å². The van der Waals surface area contributed by atoms with Gasteiger partial charge < -0.3 is 9.72 Å². The molecule has 0 radical (unpaired) electrons. The van der Waals surface area contributed by atoms with Gasteiger partial charge in [0.15, 0.2) is 0 Å². The van der Waals surface area contributed by atoms with Crippen LogP contribution < -0.4 is 5.32 Å². The van der Waals surface area contributed by atoms with E-state index in [1.807, 2.05) is 18.3 Å². The molecule has 1 aromatic rings. The Kier molecular flexibility index (Phi) is 3.30. The number of esters is 1. The van der Waals surface area contributed by atoms with E-state index in [0.717, 1.165) is 5.69 Å². The van der Waals surface area contributed by atoms with Crippen molar-refractivity contribution in [3.63, 3.8) is 0 Å². The molecule has 1 rings (SSSR count). The maximum atomic E-state index is 11.3. The molecule has 0 fully saturated rings. The van der Waals surface area contributed by atoms with Gasteiger partial charge in [-0.3, -0.25) is 10.1 Å². The quantitative estimate of drug-likeness (QED) is 0.708. The highest BCUT2D eigenvalue weighted by Gasteiger charge is 2.27. The van der Waals surface area contributed by atoms with E-state index in [1.54, 1.807) is 13.8 Å². The first-order chi connectivity index (χ1) is 6.56. The Morgan fingerprint density at radius 2 is 2.36 bits per heavy atom. The zero-order valence-electron chi connectivity index (χ0n) is 8.76. The van der Waals surface area contributed by atoms with Crippen molar-refractivity contribution in [1.29, 1.82) is 0 Å². The van der Waals surface area contributed by atoms with Crippen molar-refractivity contribution in [3.05, 3.63) is 24.0 Å². The third-order valence-corrected chi connectivity index (χ3v) is 2.08. The van der Waals surface area contributed by atoms with E-state index in [2.05, 4.69) is 15.0 Å². The van der Waals surface area contributed by atoms with Gasteiger partial charge in [0.05, 0.1) is 7.11 Å². The van der Waals surface area contributed by atoms with Crippen LogP contribution in [0.5, 0.6) is 0 Å². The second kappa shape index (κ2) is 4.28. The lowest BCUT2D eigenvalue weighted by Gasteiger charge is -2.22. The van der Waals surface area contributed by atoms with Crippen molar-refractivity contribution >= 4 is 5.97 Å². The molecule has 0 amide bonds. The number of hydrogen-bond donors (Lipinski definition) is 2. The summed E-state index contributed by atoms with van der Waals surface area (Å²) in [6, 6.07) is 3.88. The topological polar surface area (TPSA) is 54.1 Å². The first-order valence-electron chi connectivity index (χ1n) is 4.52. The highest BCUT2D eigenvalue weighted by molar-refractivity contribution is 5.79.